The first kappa shape index (κ1) is 15.0. The molecule has 0 aliphatic carbocycles. The molecule has 2 amide bonds. The van der Waals surface area contributed by atoms with Gasteiger partial charge >= 0.3 is 6.18 Å². The van der Waals surface area contributed by atoms with Gasteiger partial charge in [0.15, 0.2) is 12.4 Å². The van der Waals surface area contributed by atoms with Crippen molar-refractivity contribution in [3.8, 4) is 0 Å². The second-order valence-electron chi connectivity index (χ2n) is 3.54. The van der Waals surface area contributed by atoms with Crippen LogP contribution in [0.1, 0.15) is 17.5 Å². The van der Waals surface area contributed by atoms with Crippen LogP contribution in [0.15, 0.2) is 22.8 Å². The summed E-state index contributed by atoms with van der Waals surface area (Å²) in [6.07, 6.45) is -3.28. The van der Waals surface area contributed by atoms with Gasteiger partial charge in [0.1, 0.15) is 6.04 Å². The highest BCUT2D eigenvalue weighted by Gasteiger charge is 2.28. The van der Waals surface area contributed by atoms with Crippen LogP contribution in [0.2, 0.25) is 0 Å². The Balaban J connectivity index is 2.35. The third-order valence-corrected chi connectivity index (χ3v) is 1.89. The second kappa shape index (κ2) is 6.23. The molecule has 0 bridgehead atoms. The van der Waals surface area contributed by atoms with Crippen molar-refractivity contribution < 1.29 is 32.0 Å². The monoisotopic (exact) mass is 280 g/mol. The van der Waals surface area contributed by atoms with Crippen molar-refractivity contribution in [3.63, 3.8) is 0 Å². The Kier molecular flexibility index (Phi) is 4.93. The molecule has 1 rings (SSSR count). The van der Waals surface area contributed by atoms with E-state index in [1.807, 2.05) is 0 Å². The number of carbonyl (C=O) groups is 2. The van der Waals surface area contributed by atoms with E-state index in [4.69, 9.17) is 4.42 Å². The Hall–Kier alpha value is -2.03. The highest BCUT2D eigenvalue weighted by Crippen LogP contribution is 2.13. The molecule has 1 aromatic heterocycles. The van der Waals surface area contributed by atoms with E-state index in [-0.39, 0.29) is 5.76 Å². The molecule has 1 unspecified atom stereocenters. The van der Waals surface area contributed by atoms with Crippen molar-refractivity contribution in [1.29, 1.82) is 0 Å². The normalized spacial score (nSPS) is 12.8. The molecule has 19 heavy (non-hydrogen) atoms. The van der Waals surface area contributed by atoms with Crippen LogP contribution in [0.4, 0.5) is 13.2 Å². The first-order valence-corrected chi connectivity index (χ1v) is 5.12. The van der Waals surface area contributed by atoms with E-state index in [0.29, 0.717) is 0 Å². The average molecular weight is 280 g/mol. The molecule has 1 aromatic rings. The van der Waals surface area contributed by atoms with Gasteiger partial charge < -0.3 is 9.73 Å². The number of carbonyl (C=O) groups excluding carboxylic acids is 2. The van der Waals surface area contributed by atoms with Gasteiger partial charge in [0.2, 0.25) is 0 Å². The summed E-state index contributed by atoms with van der Waals surface area (Å²) < 4.78 is 40.0. The number of halogens is 3. The lowest BCUT2D eigenvalue weighted by Crippen LogP contribution is -2.45. The summed E-state index contributed by atoms with van der Waals surface area (Å²) >= 11 is 0. The lowest BCUT2D eigenvalue weighted by Gasteiger charge is -2.13. The molecule has 0 saturated carbocycles. The Morgan fingerprint density at radius 3 is 2.68 bits per heavy atom. The van der Waals surface area contributed by atoms with Gasteiger partial charge in [-0.25, -0.2) is 5.48 Å². The van der Waals surface area contributed by atoms with Crippen LogP contribution in [-0.2, 0) is 9.63 Å². The molecular formula is C10H11F3N2O4. The number of nitrogens with one attached hydrogen (secondary N) is 2. The van der Waals surface area contributed by atoms with E-state index in [1.165, 1.54) is 25.3 Å². The molecule has 106 valence electrons. The first-order chi connectivity index (χ1) is 8.79. The van der Waals surface area contributed by atoms with Crippen molar-refractivity contribution >= 4 is 11.8 Å². The Bertz CT molecular complexity index is 430. The van der Waals surface area contributed by atoms with Crippen molar-refractivity contribution in [2.24, 2.45) is 0 Å². The second-order valence-corrected chi connectivity index (χ2v) is 3.54. The van der Waals surface area contributed by atoms with E-state index in [0.717, 1.165) is 0 Å². The van der Waals surface area contributed by atoms with Gasteiger partial charge in [-0.2, -0.15) is 13.2 Å². The molecule has 1 atom stereocenters. The van der Waals surface area contributed by atoms with Crippen molar-refractivity contribution in [2.75, 3.05) is 6.61 Å². The molecule has 0 saturated heterocycles. The van der Waals surface area contributed by atoms with Crippen molar-refractivity contribution in [1.82, 2.24) is 10.8 Å². The van der Waals surface area contributed by atoms with Gasteiger partial charge in [-0.15, -0.1) is 0 Å². The zero-order valence-corrected chi connectivity index (χ0v) is 9.78. The summed E-state index contributed by atoms with van der Waals surface area (Å²) in [6, 6.07) is 1.78. The van der Waals surface area contributed by atoms with Crippen LogP contribution < -0.4 is 10.8 Å². The quantitative estimate of drug-likeness (QED) is 0.789. The topological polar surface area (TPSA) is 80.6 Å². The number of alkyl halides is 3. The minimum absolute atomic E-state index is 0.0177. The predicted octanol–water partition coefficient (Wildman–Crippen LogP) is 1.01. The summed E-state index contributed by atoms with van der Waals surface area (Å²) in [7, 11) is 0. The molecule has 0 spiro atoms. The fourth-order valence-corrected chi connectivity index (χ4v) is 1.02. The minimum atomic E-state index is -4.55. The SMILES string of the molecule is CC(NC(=O)c1ccco1)C(=O)NOCC(F)(F)F. The maximum absolute atomic E-state index is 11.7. The molecule has 0 aromatic carbocycles. The van der Waals surface area contributed by atoms with E-state index < -0.39 is 30.6 Å². The molecule has 1 heterocycles. The van der Waals surface area contributed by atoms with E-state index in [9.17, 15) is 22.8 Å². The van der Waals surface area contributed by atoms with Crippen molar-refractivity contribution in [3.05, 3.63) is 24.2 Å². The molecule has 9 heteroatoms. The number of hydrogen-bond donors (Lipinski definition) is 2. The van der Waals surface area contributed by atoms with Crippen LogP contribution in [0.5, 0.6) is 0 Å². The number of hydrogen-bond acceptors (Lipinski definition) is 4. The van der Waals surface area contributed by atoms with Crippen LogP contribution in [0, 0.1) is 0 Å². The Labute approximate surface area is 105 Å². The maximum Gasteiger partial charge on any atom is 0.414 e. The number of furan rings is 1. The predicted molar refractivity (Wildman–Crippen MR) is 55.8 cm³/mol. The van der Waals surface area contributed by atoms with E-state index >= 15 is 0 Å². The summed E-state index contributed by atoms with van der Waals surface area (Å²) in [5.74, 6) is -1.59. The summed E-state index contributed by atoms with van der Waals surface area (Å²) in [5, 5.41) is 2.22. The fraction of sp³-hybridized carbons (Fsp3) is 0.400. The standard InChI is InChI=1S/C10H11F3N2O4/c1-6(8(16)15-19-5-10(11,12)13)14-9(17)7-3-2-4-18-7/h2-4,6H,5H2,1H3,(H,14,17)(H,15,16). The average Bonchev–Trinajstić information content (AvgIpc) is 2.80. The van der Waals surface area contributed by atoms with Gasteiger partial charge in [0.25, 0.3) is 11.8 Å². The van der Waals surface area contributed by atoms with E-state index in [1.54, 1.807) is 5.48 Å². The summed E-state index contributed by atoms with van der Waals surface area (Å²) in [6.45, 7) is -0.329. The molecule has 0 radical (unpaired) electrons. The zero-order valence-electron chi connectivity index (χ0n) is 9.78. The Morgan fingerprint density at radius 2 is 2.16 bits per heavy atom. The van der Waals surface area contributed by atoms with Crippen molar-refractivity contribution in [2.45, 2.75) is 19.1 Å². The molecule has 0 fully saturated rings. The van der Waals surface area contributed by atoms with Gasteiger partial charge in [0.05, 0.1) is 6.26 Å². The van der Waals surface area contributed by atoms with Crippen LogP contribution >= 0.6 is 0 Å². The van der Waals surface area contributed by atoms with Crippen LogP contribution in [0.3, 0.4) is 0 Å². The number of hydroxylamine groups is 1. The minimum Gasteiger partial charge on any atom is -0.459 e. The van der Waals surface area contributed by atoms with Crippen LogP contribution in [0.25, 0.3) is 0 Å². The Morgan fingerprint density at radius 1 is 1.47 bits per heavy atom. The molecule has 0 aliphatic rings. The maximum atomic E-state index is 11.7. The zero-order chi connectivity index (χ0) is 14.5. The van der Waals surface area contributed by atoms with Gasteiger partial charge in [-0.3, -0.25) is 14.4 Å². The summed E-state index contributed by atoms with van der Waals surface area (Å²) in [5.41, 5.74) is 1.59. The lowest BCUT2D eigenvalue weighted by molar-refractivity contribution is -0.192. The lowest BCUT2D eigenvalue weighted by atomic mass is 10.3. The van der Waals surface area contributed by atoms with Gasteiger partial charge in [-0.1, -0.05) is 0 Å². The third-order valence-electron chi connectivity index (χ3n) is 1.89. The van der Waals surface area contributed by atoms with Gasteiger partial charge in [-0.05, 0) is 19.1 Å². The highest BCUT2D eigenvalue weighted by molar-refractivity contribution is 5.95. The largest absolute Gasteiger partial charge is 0.459 e. The van der Waals surface area contributed by atoms with Gasteiger partial charge in [0, 0.05) is 0 Å². The highest BCUT2D eigenvalue weighted by atomic mass is 19.4. The molecule has 0 aliphatic heterocycles. The molecule has 6 nitrogen and oxygen atoms in total. The third kappa shape index (κ3) is 5.42. The molecule has 2 N–H and O–H groups in total. The van der Waals surface area contributed by atoms with Crippen LogP contribution in [-0.4, -0.2) is 30.6 Å². The number of amides is 2. The van der Waals surface area contributed by atoms with E-state index in [2.05, 4.69) is 10.2 Å². The number of rotatable bonds is 5. The summed E-state index contributed by atoms with van der Waals surface area (Å²) in [4.78, 5) is 26.7. The smallest absolute Gasteiger partial charge is 0.414 e. The fourth-order valence-electron chi connectivity index (χ4n) is 1.02. The first-order valence-electron chi connectivity index (χ1n) is 5.12. The molecular weight excluding hydrogens is 269 g/mol.